The van der Waals surface area contributed by atoms with Gasteiger partial charge in [-0.2, -0.15) is 0 Å². The zero-order valence-corrected chi connectivity index (χ0v) is 10.6. The highest BCUT2D eigenvalue weighted by atomic mass is 19.1. The predicted octanol–water partition coefficient (Wildman–Crippen LogP) is 3.32. The van der Waals surface area contributed by atoms with Gasteiger partial charge in [0.1, 0.15) is 11.6 Å². The number of nitrogens with one attached hydrogen (secondary N) is 1. The lowest BCUT2D eigenvalue weighted by Gasteiger charge is -2.14. The van der Waals surface area contributed by atoms with Crippen molar-refractivity contribution in [2.24, 2.45) is 0 Å². The normalized spacial score (nSPS) is 13.8. The second kappa shape index (κ2) is 6.40. The van der Waals surface area contributed by atoms with Crippen LogP contribution < -0.4 is 5.32 Å². The molecular formula is C14H20FNO. The van der Waals surface area contributed by atoms with Gasteiger partial charge in [-0.3, -0.25) is 0 Å². The maximum absolute atomic E-state index is 13.1. The van der Waals surface area contributed by atoms with Gasteiger partial charge in [0.2, 0.25) is 0 Å². The van der Waals surface area contributed by atoms with Crippen molar-refractivity contribution in [2.45, 2.75) is 33.2 Å². The predicted molar refractivity (Wildman–Crippen MR) is 69.5 cm³/mol. The molecule has 0 spiro atoms. The van der Waals surface area contributed by atoms with E-state index in [-0.39, 0.29) is 11.8 Å². The Balaban J connectivity index is 2.79. The van der Waals surface area contributed by atoms with Gasteiger partial charge in [-0.1, -0.05) is 18.6 Å². The smallest absolute Gasteiger partial charge is 0.127 e. The average Bonchev–Trinajstić information content (AvgIpc) is 2.24. The van der Waals surface area contributed by atoms with Crippen LogP contribution in [0.1, 0.15) is 32.8 Å². The lowest BCUT2D eigenvalue weighted by atomic mass is 10.1. The summed E-state index contributed by atoms with van der Waals surface area (Å²) in [4.78, 5) is 0. The monoisotopic (exact) mass is 237 g/mol. The Kier molecular flexibility index (Phi) is 5.16. The average molecular weight is 237 g/mol. The maximum Gasteiger partial charge on any atom is 0.127 e. The summed E-state index contributed by atoms with van der Waals surface area (Å²) in [6.45, 7) is 7.14. The highest BCUT2D eigenvalue weighted by molar-refractivity contribution is 5.55. The Bertz CT molecular complexity index is 381. The number of aromatic hydroxyl groups is 1. The summed E-state index contributed by atoms with van der Waals surface area (Å²) in [5, 5.41) is 12.7. The van der Waals surface area contributed by atoms with Crippen molar-refractivity contribution >= 4 is 6.08 Å². The molecule has 0 aliphatic heterocycles. The minimum absolute atomic E-state index is 0.0433. The molecule has 0 aliphatic rings. The number of phenols is 1. The van der Waals surface area contributed by atoms with Crippen molar-refractivity contribution in [1.29, 1.82) is 0 Å². The summed E-state index contributed by atoms with van der Waals surface area (Å²) >= 11 is 0. The second-order valence-electron chi connectivity index (χ2n) is 4.31. The first-order valence-corrected chi connectivity index (χ1v) is 5.94. The van der Waals surface area contributed by atoms with Gasteiger partial charge in [-0.25, -0.2) is 4.39 Å². The third-order valence-corrected chi connectivity index (χ3v) is 2.68. The van der Waals surface area contributed by atoms with E-state index >= 15 is 0 Å². The molecule has 17 heavy (non-hydrogen) atoms. The van der Waals surface area contributed by atoms with Gasteiger partial charge in [0, 0.05) is 12.1 Å². The molecule has 2 N–H and O–H groups in total. The number of phenolic OH excluding ortho intramolecular Hbond substituents is 1. The second-order valence-corrected chi connectivity index (χ2v) is 4.31. The summed E-state index contributed by atoms with van der Waals surface area (Å²) in [7, 11) is 0. The molecule has 3 heteroatoms. The van der Waals surface area contributed by atoms with Gasteiger partial charge in [-0.05, 0) is 44.5 Å². The fraction of sp³-hybridized carbons (Fsp3) is 0.429. The quantitative estimate of drug-likeness (QED) is 0.823. The van der Waals surface area contributed by atoms with Crippen molar-refractivity contribution < 1.29 is 9.50 Å². The maximum atomic E-state index is 13.1. The van der Waals surface area contributed by atoms with Crippen LogP contribution in [0.5, 0.6) is 5.75 Å². The van der Waals surface area contributed by atoms with Crippen molar-refractivity contribution in [1.82, 2.24) is 5.32 Å². The molecule has 94 valence electrons. The van der Waals surface area contributed by atoms with Crippen LogP contribution in [-0.2, 0) is 0 Å². The summed E-state index contributed by atoms with van der Waals surface area (Å²) in [6, 6.07) is 4.32. The van der Waals surface area contributed by atoms with E-state index < -0.39 is 5.82 Å². The molecular weight excluding hydrogens is 217 g/mol. The van der Waals surface area contributed by atoms with Gasteiger partial charge >= 0.3 is 0 Å². The van der Waals surface area contributed by atoms with Gasteiger partial charge in [-0.15, -0.1) is 0 Å². The lowest BCUT2D eigenvalue weighted by Crippen LogP contribution is -2.27. The van der Waals surface area contributed by atoms with Gasteiger partial charge in [0.15, 0.2) is 0 Å². The summed E-state index contributed by atoms with van der Waals surface area (Å²) in [5.41, 5.74) is 1.80. The standard InChI is InChI=1S/C14H20FNO/c1-4-5-16-11(3)10(2)6-12-7-13(15)9-14(17)8-12/h6-9,11,16-17H,4-5H2,1-3H3/b10-6+. The molecule has 0 radical (unpaired) electrons. The Morgan fingerprint density at radius 2 is 2.18 bits per heavy atom. The minimum atomic E-state index is -0.418. The molecule has 1 aromatic carbocycles. The Morgan fingerprint density at radius 3 is 2.76 bits per heavy atom. The first-order chi connectivity index (χ1) is 8.02. The Morgan fingerprint density at radius 1 is 1.47 bits per heavy atom. The van der Waals surface area contributed by atoms with Gasteiger partial charge in [0.05, 0.1) is 0 Å². The van der Waals surface area contributed by atoms with Crippen LogP contribution in [0.25, 0.3) is 6.08 Å². The number of halogens is 1. The first-order valence-electron chi connectivity index (χ1n) is 5.94. The number of benzene rings is 1. The van der Waals surface area contributed by atoms with Crippen LogP contribution in [0.3, 0.4) is 0 Å². The number of rotatable bonds is 5. The van der Waals surface area contributed by atoms with E-state index in [1.807, 2.05) is 13.0 Å². The molecule has 0 heterocycles. The summed E-state index contributed by atoms with van der Waals surface area (Å²) in [6.07, 6.45) is 2.97. The molecule has 1 unspecified atom stereocenters. The third kappa shape index (κ3) is 4.57. The van der Waals surface area contributed by atoms with E-state index in [2.05, 4.69) is 19.2 Å². The third-order valence-electron chi connectivity index (χ3n) is 2.68. The lowest BCUT2D eigenvalue weighted by molar-refractivity contribution is 0.469. The molecule has 1 rings (SSSR count). The summed E-state index contributed by atoms with van der Waals surface area (Å²) < 4.78 is 13.1. The fourth-order valence-electron chi connectivity index (χ4n) is 1.59. The molecule has 0 aliphatic carbocycles. The molecule has 0 fully saturated rings. The van der Waals surface area contributed by atoms with Crippen LogP contribution in [0.2, 0.25) is 0 Å². The van der Waals surface area contributed by atoms with Crippen molar-refractivity contribution in [2.75, 3.05) is 6.54 Å². The molecule has 0 aromatic heterocycles. The largest absolute Gasteiger partial charge is 0.508 e. The van der Waals surface area contributed by atoms with E-state index in [0.29, 0.717) is 5.56 Å². The molecule has 0 saturated carbocycles. The van der Waals surface area contributed by atoms with Crippen LogP contribution in [-0.4, -0.2) is 17.7 Å². The zero-order valence-electron chi connectivity index (χ0n) is 10.6. The highest BCUT2D eigenvalue weighted by Gasteiger charge is 2.04. The van der Waals surface area contributed by atoms with E-state index in [4.69, 9.17) is 0 Å². The van der Waals surface area contributed by atoms with Crippen LogP contribution in [0.4, 0.5) is 4.39 Å². The first kappa shape index (κ1) is 13.7. The van der Waals surface area contributed by atoms with Crippen molar-refractivity contribution in [3.8, 4) is 5.75 Å². The SMILES string of the molecule is CCCNC(C)/C(C)=C/c1cc(O)cc(F)c1. The van der Waals surface area contributed by atoms with Crippen molar-refractivity contribution in [3.05, 3.63) is 35.2 Å². The van der Waals surface area contributed by atoms with E-state index in [0.717, 1.165) is 24.6 Å². The highest BCUT2D eigenvalue weighted by Crippen LogP contribution is 2.17. The van der Waals surface area contributed by atoms with Crippen LogP contribution in [0, 0.1) is 5.82 Å². The molecule has 1 atom stereocenters. The Hall–Kier alpha value is -1.35. The minimum Gasteiger partial charge on any atom is -0.508 e. The number of hydrogen-bond donors (Lipinski definition) is 2. The zero-order chi connectivity index (χ0) is 12.8. The van der Waals surface area contributed by atoms with Crippen LogP contribution in [0.15, 0.2) is 23.8 Å². The van der Waals surface area contributed by atoms with Gasteiger partial charge < -0.3 is 10.4 Å². The molecule has 0 saturated heterocycles. The fourth-order valence-corrected chi connectivity index (χ4v) is 1.59. The van der Waals surface area contributed by atoms with E-state index in [1.54, 1.807) is 6.07 Å². The molecule has 1 aromatic rings. The summed E-state index contributed by atoms with van der Waals surface area (Å²) in [5.74, 6) is -0.462. The van der Waals surface area contributed by atoms with Gasteiger partial charge in [0.25, 0.3) is 0 Å². The van der Waals surface area contributed by atoms with E-state index in [1.165, 1.54) is 6.07 Å². The molecule has 0 amide bonds. The van der Waals surface area contributed by atoms with E-state index in [9.17, 15) is 9.50 Å². The topological polar surface area (TPSA) is 32.3 Å². The molecule has 2 nitrogen and oxygen atoms in total. The Labute approximate surface area is 102 Å². The molecule has 0 bridgehead atoms. The van der Waals surface area contributed by atoms with Crippen molar-refractivity contribution in [3.63, 3.8) is 0 Å². The van der Waals surface area contributed by atoms with Crippen LogP contribution >= 0.6 is 0 Å². The number of hydrogen-bond acceptors (Lipinski definition) is 2.